The second kappa shape index (κ2) is 12.7. The molecule has 4 aromatic rings. The third-order valence-corrected chi connectivity index (χ3v) is 8.61. The van der Waals surface area contributed by atoms with Gasteiger partial charge >= 0.3 is 6.18 Å². The smallest absolute Gasteiger partial charge is 0.419 e. The van der Waals surface area contributed by atoms with Crippen LogP contribution < -0.4 is 14.5 Å². The lowest BCUT2D eigenvalue weighted by Crippen LogP contribution is -2.35. The average molecular weight is 638 g/mol. The third kappa shape index (κ3) is 6.41. The van der Waals surface area contributed by atoms with Crippen molar-refractivity contribution < 1.29 is 27.1 Å². The van der Waals surface area contributed by atoms with Gasteiger partial charge in [-0.15, -0.1) is 0 Å². The molecule has 0 N–H and O–H groups in total. The predicted molar refractivity (Wildman–Crippen MR) is 165 cm³/mol. The number of imidazole rings is 1. The fraction of sp³-hybridized carbons (Fsp3) is 0.394. The molecule has 1 fully saturated rings. The molecule has 2 aliphatic heterocycles. The maximum Gasteiger partial charge on any atom is 0.419 e. The minimum Gasteiger partial charge on any atom is -0.497 e. The van der Waals surface area contributed by atoms with Gasteiger partial charge in [-0.3, -0.25) is 9.69 Å². The Kier molecular flexibility index (Phi) is 8.69. The van der Waals surface area contributed by atoms with Gasteiger partial charge in [-0.05, 0) is 62.8 Å². The summed E-state index contributed by atoms with van der Waals surface area (Å²) in [5.74, 6) is 1.62. The van der Waals surface area contributed by atoms with Crippen LogP contribution in [-0.2, 0) is 30.5 Å². The van der Waals surface area contributed by atoms with Gasteiger partial charge in [0.15, 0.2) is 0 Å². The molecular weight excluding hydrogens is 602 g/mol. The zero-order chi connectivity index (χ0) is 32.6. The number of amides is 1. The van der Waals surface area contributed by atoms with Gasteiger partial charge in [-0.1, -0.05) is 12.1 Å². The molecule has 242 valence electrons. The van der Waals surface area contributed by atoms with E-state index in [0.717, 1.165) is 53.5 Å². The van der Waals surface area contributed by atoms with E-state index in [1.165, 1.54) is 12.4 Å². The number of nitrogens with zero attached hydrogens (tertiary/aromatic N) is 7. The molecule has 0 spiro atoms. The molecule has 1 saturated heterocycles. The number of hydrogen-bond acceptors (Lipinski definition) is 7. The number of halogens is 4. The molecule has 2 aliphatic rings. The first-order valence-corrected chi connectivity index (χ1v) is 15.1. The van der Waals surface area contributed by atoms with Gasteiger partial charge in [0.2, 0.25) is 5.91 Å². The highest BCUT2D eigenvalue weighted by Gasteiger charge is 2.36. The third-order valence-electron chi connectivity index (χ3n) is 8.61. The summed E-state index contributed by atoms with van der Waals surface area (Å²) in [5.41, 5.74) is 1.07. The van der Waals surface area contributed by atoms with Gasteiger partial charge in [0.05, 0.1) is 31.3 Å². The number of piperidine rings is 1. The van der Waals surface area contributed by atoms with E-state index >= 15 is 0 Å². The number of carbonyl (C=O) groups is 1. The summed E-state index contributed by atoms with van der Waals surface area (Å²) in [4.78, 5) is 32.9. The number of likely N-dealkylation sites (N-methyl/N-ethyl adjacent to an activating group) is 1. The van der Waals surface area contributed by atoms with Crippen LogP contribution in [0.4, 0.5) is 29.2 Å². The van der Waals surface area contributed by atoms with Crippen molar-refractivity contribution in [1.82, 2.24) is 24.4 Å². The second-order valence-corrected chi connectivity index (χ2v) is 11.9. The SMILES string of the molecule is COc1ccc(CN2C(=O)Cc3c(N4CCC(c5nc(-c6ccc(F)c(C(F)(F)F)c6)cn5CCN(C)C)CC4)ncnc32)cc1. The molecule has 2 aromatic heterocycles. The number of ether oxygens (including phenoxy) is 1. The minimum absolute atomic E-state index is 0.0348. The molecule has 0 radical (unpaired) electrons. The van der Waals surface area contributed by atoms with Crippen LogP contribution in [0.1, 0.15) is 41.3 Å². The first-order chi connectivity index (χ1) is 22.0. The molecule has 4 heterocycles. The Bertz CT molecular complexity index is 1710. The molecule has 46 heavy (non-hydrogen) atoms. The van der Waals surface area contributed by atoms with Gasteiger partial charge in [-0.2, -0.15) is 13.2 Å². The number of aromatic nitrogens is 4. The lowest BCUT2D eigenvalue weighted by molar-refractivity contribution is -0.140. The van der Waals surface area contributed by atoms with Crippen molar-refractivity contribution in [2.75, 3.05) is 50.6 Å². The van der Waals surface area contributed by atoms with Gasteiger partial charge < -0.3 is 19.1 Å². The van der Waals surface area contributed by atoms with E-state index in [9.17, 15) is 22.4 Å². The normalized spacial score (nSPS) is 15.6. The van der Waals surface area contributed by atoms with Crippen LogP contribution in [0.2, 0.25) is 0 Å². The van der Waals surface area contributed by atoms with Crippen LogP contribution in [-0.4, -0.2) is 71.2 Å². The van der Waals surface area contributed by atoms with Crippen molar-refractivity contribution in [2.45, 2.75) is 44.4 Å². The quantitative estimate of drug-likeness (QED) is 0.223. The lowest BCUT2D eigenvalue weighted by Gasteiger charge is -2.33. The Morgan fingerprint density at radius 3 is 2.41 bits per heavy atom. The summed E-state index contributed by atoms with van der Waals surface area (Å²) in [7, 11) is 5.51. The zero-order valence-electron chi connectivity index (χ0n) is 25.9. The standard InChI is InChI=1S/C33H35F4N7O2/c1-41(2)14-15-43-19-28(23-6-9-27(34)26(16-23)33(35,36)37)40-30(43)22-10-12-42(13-11-22)31-25-17-29(45)44(32(25)39-20-38-31)18-21-4-7-24(46-3)8-5-21/h4-9,16,19-20,22H,10-15,17-18H2,1-3H3. The molecule has 0 aliphatic carbocycles. The fourth-order valence-corrected chi connectivity index (χ4v) is 6.13. The van der Waals surface area contributed by atoms with Gasteiger partial charge in [0.25, 0.3) is 0 Å². The summed E-state index contributed by atoms with van der Waals surface area (Å²) in [6.45, 7) is 3.03. The van der Waals surface area contributed by atoms with E-state index in [4.69, 9.17) is 9.72 Å². The van der Waals surface area contributed by atoms with E-state index in [-0.39, 0.29) is 23.8 Å². The Labute approximate surface area is 264 Å². The van der Waals surface area contributed by atoms with Crippen molar-refractivity contribution >= 4 is 17.5 Å². The summed E-state index contributed by atoms with van der Waals surface area (Å²) in [5, 5.41) is 0. The van der Waals surface area contributed by atoms with Crippen molar-refractivity contribution in [1.29, 1.82) is 0 Å². The van der Waals surface area contributed by atoms with E-state index < -0.39 is 17.6 Å². The number of alkyl halides is 3. The number of methoxy groups -OCH3 is 1. The van der Waals surface area contributed by atoms with E-state index in [2.05, 4.69) is 14.9 Å². The number of rotatable bonds is 9. The zero-order valence-corrected chi connectivity index (χ0v) is 25.9. The van der Waals surface area contributed by atoms with Crippen LogP contribution >= 0.6 is 0 Å². The number of anilines is 2. The van der Waals surface area contributed by atoms with E-state index in [0.29, 0.717) is 44.2 Å². The topological polar surface area (TPSA) is 79.6 Å². The van der Waals surface area contributed by atoms with E-state index in [1.54, 1.807) is 18.2 Å². The first-order valence-electron chi connectivity index (χ1n) is 15.1. The number of fused-ring (bicyclic) bond motifs is 1. The average Bonchev–Trinajstić information content (AvgIpc) is 3.61. The number of hydrogen-bond donors (Lipinski definition) is 0. The summed E-state index contributed by atoms with van der Waals surface area (Å²) in [6.07, 6.45) is 0.145. The Morgan fingerprint density at radius 1 is 1.02 bits per heavy atom. The van der Waals surface area contributed by atoms with Gasteiger partial charge in [-0.25, -0.2) is 19.3 Å². The Balaban J connectivity index is 1.21. The highest BCUT2D eigenvalue weighted by atomic mass is 19.4. The highest BCUT2D eigenvalue weighted by molar-refractivity contribution is 6.01. The Morgan fingerprint density at radius 2 is 1.74 bits per heavy atom. The lowest BCUT2D eigenvalue weighted by atomic mass is 9.95. The predicted octanol–water partition coefficient (Wildman–Crippen LogP) is 5.54. The first kappa shape index (κ1) is 31.5. The van der Waals surface area contributed by atoms with Crippen LogP contribution in [0.3, 0.4) is 0 Å². The Hall–Kier alpha value is -4.52. The number of carbonyl (C=O) groups excluding carboxylic acids is 1. The molecule has 0 atom stereocenters. The minimum atomic E-state index is -4.80. The van der Waals surface area contributed by atoms with Crippen LogP contribution in [0.5, 0.6) is 5.75 Å². The molecule has 6 rings (SSSR count). The summed E-state index contributed by atoms with van der Waals surface area (Å²) >= 11 is 0. The highest BCUT2D eigenvalue weighted by Crippen LogP contribution is 2.38. The van der Waals surface area contributed by atoms with Gasteiger partial charge in [0, 0.05) is 49.4 Å². The maximum absolute atomic E-state index is 14.0. The van der Waals surface area contributed by atoms with Crippen LogP contribution in [0, 0.1) is 5.82 Å². The largest absolute Gasteiger partial charge is 0.497 e. The van der Waals surface area contributed by atoms with Crippen molar-refractivity contribution in [2.24, 2.45) is 0 Å². The molecule has 9 nitrogen and oxygen atoms in total. The van der Waals surface area contributed by atoms with Crippen molar-refractivity contribution in [3.8, 4) is 17.0 Å². The summed E-state index contributed by atoms with van der Waals surface area (Å²) in [6, 6.07) is 10.6. The number of benzene rings is 2. The fourth-order valence-electron chi connectivity index (χ4n) is 6.13. The molecule has 0 saturated carbocycles. The van der Waals surface area contributed by atoms with Crippen molar-refractivity contribution in [3.05, 3.63) is 83.3 Å². The van der Waals surface area contributed by atoms with Crippen LogP contribution in [0.15, 0.2) is 55.0 Å². The molecule has 1 amide bonds. The van der Waals surface area contributed by atoms with Crippen molar-refractivity contribution in [3.63, 3.8) is 0 Å². The maximum atomic E-state index is 14.0. The monoisotopic (exact) mass is 637 g/mol. The molecule has 0 unspecified atom stereocenters. The van der Waals surface area contributed by atoms with Gasteiger partial charge in [0.1, 0.15) is 35.4 Å². The van der Waals surface area contributed by atoms with E-state index in [1.807, 2.05) is 47.8 Å². The second-order valence-electron chi connectivity index (χ2n) is 11.9. The summed E-state index contributed by atoms with van der Waals surface area (Å²) < 4.78 is 61.6. The van der Waals surface area contributed by atoms with Crippen LogP contribution in [0.25, 0.3) is 11.3 Å². The molecule has 0 bridgehead atoms. The molecule has 2 aromatic carbocycles. The molecule has 13 heteroatoms. The molecular formula is C33H35F4N7O2.